The standard InChI is InChI=1S/C13H14F5N3O4S/c1-21-10(24-11(14)15)7(9(19-21)13(16,17)18)6-26(22,23)8-5-12(25-20-8)3-2-4-12/h11H,2-6H2,1H3. The highest BCUT2D eigenvalue weighted by Crippen LogP contribution is 2.44. The summed E-state index contributed by atoms with van der Waals surface area (Å²) in [4.78, 5) is 5.13. The second-order valence-corrected chi connectivity index (χ2v) is 8.17. The molecular formula is C13H14F5N3O4S. The zero-order valence-electron chi connectivity index (χ0n) is 13.4. The first-order chi connectivity index (χ1) is 11.9. The zero-order chi connectivity index (χ0) is 19.3. The summed E-state index contributed by atoms with van der Waals surface area (Å²) in [5, 5.41) is 6.19. The van der Waals surface area contributed by atoms with Gasteiger partial charge in [0.05, 0.1) is 11.3 Å². The third kappa shape index (κ3) is 3.35. The largest absolute Gasteiger partial charge is 0.435 e. The molecule has 0 bridgehead atoms. The summed E-state index contributed by atoms with van der Waals surface area (Å²) in [6.07, 6.45) is -3.08. The molecular weight excluding hydrogens is 389 g/mol. The molecule has 0 unspecified atom stereocenters. The van der Waals surface area contributed by atoms with E-state index in [2.05, 4.69) is 15.0 Å². The smallest absolute Gasteiger partial charge is 0.417 e. The van der Waals surface area contributed by atoms with Gasteiger partial charge in [0.15, 0.2) is 20.6 Å². The van der Waals surface area contributed by atoms with E-state index < -0.39 is 56.2 Å². The second kappa shape index (κ2) is 6.06. The fraction of sp³-hybridized carbons (Fsp3) is 0.692. The Labute approximate surface area is 144 Å². The van der Waals surface area contributed by atoms with Crippen molar-refractivity contribution in [1.82, 2.24) is 9.78 Å². The van der Waals surface area contributed by atoms with Gasteiger partial charge in [0.2, 0.25) is 5.88 Å². The summed E-state index contributed by atoms with van der Waals surface area (Å²) >= 11 is 0. The number of ether oxygens (including phenoxy) is 1. The molecule has 1 spiro atoms. The maximum absolute atomic E-state index is 13.1. The van der Waals surface area contributed by atoms with E-state index in [1.54, 1.807) is 0 Å². The minimum atomic E-state index is -5.05. The Bertz CT molecular complexity index is 843. The monoisotopic (exact) mass is 403 g/mol. The molecule has 1 aliphatic heterocycles. The van der Waals surface area contributed by atoms with Crippen LogP contribution in [-0.4, -0.2) is 35.5 Å². The quantitative estimate of drug-likeness (QED) is 0.722. The van der Waals surface area contributed by atoms with Crippen LogP contribution in [0.3, 0.4) is 0 Å². The molecule has 0 radical (unpaired) electrons. The van der Waals surface area contributed by atoms with E-state index >= 15 is 0 Å². The van der Waals surface area contributed by atoms with Gasteiger partial charge >= 0.3 is 12.8 Å². The number of sulfone groups is 1. The van der Waals surface area contributed by atoms with Crippen molar-refractivity contribution in [1.29, 1.82) is 0 Å². The molecule has 1 aromatic rings. The second-order valence-electron chi connectivity index (χ2n) is 6.18. The van der Waals surface area contributed by atoms with Gasteiger partial charge in [0, 0.05) is 13.5 Å². The Morgan fingerprint density at radius 3 is 2.46 bits per heavy atom. The van der Waals surface area contributed by atoms with Crippen molar-refractivity contribution in [2.45, 2.75) is 49.8 Å². The first-order valence-electron chi connectivity index (χ1n) is 7.49. The topological polar surface area (TPSA) is 82.8 Å². The van der Waals surface area contributed by atoms with E-state index in [0.717, 1.165) is 13.5 Å². The lowest BCUT2D eigenvalue weighted by molar-refractivity contribution is -0.142. The van der Waals surface area contributed by atoms with Gasteiger partial charge in [0.1, 0.15) is 5.60 Å². The SMILES string of the molecule is Cn1nc(C(F)(F)F)c(CS(=O)(=O)C2=NOC3(CCC3)C2)c1OC(F)F. The average molecular weight is 403 g/mol. The molecule has 0 aromatic carbocycles. The van der Waals surface area contributed by atoms with Gasteiger partial charge < -0.3 is 9.57 Å². The lowest BCUT2D eigenvalue weighted by Gasteiger charge is -2.34. The van der Waals surface area contributed by atoms with Crippen molar-refractivity contribution < 1.29 is 39.9 Å². The van der Waals surface area contributed by atoms with Crippen molar-refractivity contribution in [2.75, 3.05) is 0 Å². The van der Waals surface area contributed by atoms with Gasteiger partial charge in [-0.25, -0.2) is 13.1 Å². The lowest BCUT2D eigenvalue weighted by atomic mass is 9.78. The molecule has 1 aromatic heterocycles. The van der Waals surface area contributed by atoms with Crippen LogP contribution in [0, 0.1) is 0 Å². The first-order valence-corrected chi connectivity index (χ1v) is 9.14. The fourth-order valence-corrected chi connectivity index (χ4v) is 4.35. The van der Waals surface area contributed by atoms with Gasteiger partial charge in [-0.2, -0.15) is 27.1 Å². The molecule has 0 amide bonds. The maximum atomic E-state index is 13.1. The predicted octanol–water partition coefficient (Wildman–Crippen LogP) is 2.61. The molecule has 0 atom stereocenters. The number of aryl methyl sites for hydroxylation is 1. The number of halogens is 5. The molecule has 7 nitrogen and oxygen atoms in total. The molecule has 0 N–H and O–H groups in total. The van der Waals surface area contributed by atoms with E-state index in [9.17, 15) is 30.4 Å². The normalized spacial score (nSPS) is 19.4. The fourth-order valence-electron chi connectivity index (χ4n) is 2.91. The maximum Gasteiger partial charge on any atom is 0.435 e. The minimum absolute atomic E-state index is 0.0536. The molecule has 2 aliphatic rings. The van der Waals surface area contributed by atoms with Gasteiger partial charge in [-0.05, 0) is 19.3 Å². The Balaban J connectivity index is 1.95. The van der Waals surface area contributed by atoms with Gasteiger partial charge in [-0.1, -0.05) is 5.16 Å². The highest BCUT2D eigenvalue weighted by molar-refractivity contribution is 8.05. The highest BCUT2D eigenvalue weighted by atomic mass is 32.2. The van der Waals surface area contributed by atoms with Crippen molar-refractivity contribution in [3.05, 3.63) is 11.3 Å². The Hall–Kier alpha value is -1.92. The number of aromatic nitrogens is 2. The van der Waals surface area contributed by atoms with Crippen molar-refractivity contribution in [3.63, 3.8) is 0 Å². The van der Waals surface area contributed by atoms with Gasteiger partial charge in [-0.15, -0.1) is 0 Å². The summed E-state index contributed by atoms with van der Waals surface area (Å²) in [5.41, 5.74) is -3.30. The minimum Gasteiger partial charge on any atom is -0.417 e. The molecule has 0 saturated heterocycles. The number of nitrogens with zero attached hydrogens (tertiary/aromatic N) is 3. The lowest BCUT2D eigenvalue weighted by Crippen LogP contribution is -2.37. The highest BCUT2D eigenvalue weighted by Gasteiger charge is 2.49. The van der Waals surface area contributed by atoms with E-state index in [1.165, 1.54) is 0 Å². The van der Waals surface area contributed by atoms with Crippen molar-refractivity contribution in [3.8, 4) is 5.88 Å². The average Bonchev–Trinajstić information content (AvgIpc) is 3.03. The van der Waals surface area contributed by atoms with Gasteiger partial charge in [0.25, 0.3) is 0 Å². The van der Waals surface area contributed by atoms with E-state index in [1.807, 2.05) is 0 Å². The Morgan fingerprint density at radius 2 is 2.00 bits per heavy atom. The molecule has 1 aliphatic carbocycles. The molecule has 13 heteroatoms. The predicted molar refractivity (Wildman–Crippen MR) is 77.2 cm³/mol. The Morgan fingerprint density at radius 1 is 1.35 bits per heavy atom. The third-order valence-electron chi connectivity index (χ3n) is 4.33. The molecule has 146 valence electrons. The van der Waals surface area contributed by atoms with Crippen LogP contribution in [0.15, 0.2) is 5.16 Å². The number of hydrogen-bond acceptors (Lipinski definition) is 6. The van der Waals surface area contributed by atoms with Crippen molar-refractivity contribution in [2.24, 2.45) is 12.2 Å². The van der Waals surface area contributed by atoms with Crippen LogP contribution >= 0.6 is 0 Å². The van der Waals surface area contributed by atoms with Crippen LogP contribution < -0.4 is 4.74 Å². The third-order valence-corrected chi connectivity index (χ3v) is 5.94. The van der Waals surface area contributed by atoms with E-state index in [-0.39, 0.29) is 6.42 Å². The molecule has 2 heterocycles. The summed E-state index contributed by atoms with van der Waals surface area (Å²) < 4.78 is 94.0. The van der Waals surface area contributed by atoms with E-state index in [4.69, 9.17) is 4.84 Å². The first kappa shape index (κ1) is 18.9. The summed E-state index contributed by atoms with van der Waals surface area (Å²) in [6, 6.07) is 0. The van der Waals surface area contributed by atoms with Crippen LogP contribution in [0.1, 0.15) is 36.9 Å². The molecule has 1 fully saturated rings. The summed E-state index contributed by atoms with van der Waals surface area (Å²) in [7, 11) is -3.39. The number of hydrogen-bond donors (Lipinski definition) is 0. The Kier molecular flexibility index (Phi) is 4.40. The molecule has 26 heavy (non-hydrogen) atoms. The number of rotatable bonds is 4. The van der Waals surface area contributed by atoms with Crippen LogP contribution in [0.2, 0.25) is 0 Å². The summed E-state index contributed by atoms with van der Waals surface area (Å²) in [6.45, 7) is -3.45. The van der Waals surface area contributed by atoms with Crippen LogP contribution in [-0.2, 0) is 33.7 Å². The number of alkyl halides is 5. The van der Waals surface area contributed by atoms with Gasteiger partial charge in [-0.3, -0.25) is 0 Å². The molecule has 3 rings (SSSR count). The summed E-state index contributed by atoms with van der Waals surface area (Å²) in [5.74, 6) is -2.19. The number of oxime groups is 1. The van der Waals surface area contributed by atoms with Crippen LogP contribution in [0.4, 0.5) is 22.0 Å². The molecule has 1 saturated carbocycles. The van der Waals surface area contributed by atoms with Crippen LogP contribution in [0.25, 0.3) is 0 Å². The van der Waals surface area contributed by atoms with Crippen molar-refractivity contribution >= 4 is 14.9 Å². The zero-order valence-corrected chi connectivity index (χ0v) is 14.2. The van der Waals surface area contributed by atoms with E-state index in [0.29, 0.717) is 17.5 Å². The van der Waals surface area contributed by atoms with Crippen LogP contribution in [0.5, 0.6) is 5.88 Å².